The Hall–Kier alpha value is -1.48. The third-order valence-corrected chi connectivity index (χ3v) is 2.91. The van der Waals surface area contributed by atoms with Crippen LogP contribution in [0.15, 0.2) is 30.5 Å². The van der Waals surface area contributed by atoms with Crippen LogP contribution in [0.1, 0.15) is 26.0 Å². The quantitative estimate of drug-likeness (QED) is 0.854. The van der Waals surface area contributed by atoms with E-state index in [1.165, 1.54) is 0 Å². The molecule has 0 atom stereocenters. The molecule has 0 unspecified atom stereocenters. The van der Waals surface area contributed by atoms with Crippen molar-refractivity contribution >= 4 is 11.0 Å². The summed E-state index contributed by atoms with van der Waals surface area (Å²) in [4.78, 5) is 9.07. The number of nitrogens with zero attached hydrogens (tertiary/aromatic N) is 2. The average molecular weight is 215 g/mol. The molecule has 0 aliphatic rings. The van der Waals surface area contributed by atoms with Crippen LogP contribution in [0, 0.1) is 0 Å². The van der Waals surface area contributed by atoms with Crippen LogP contribution >= 0.6 is 0 Å². The van der Waals surface area contributed by atoms with E-state index in [9.17, 15) is 0 Å². The van der Waals surface area contributed by atoms with E-state index < -0.39 is 0 Å². The molecule has 0 spiro atoms. The van der Waals surface area contributed by atoms with Gasteiger partial charge in [-0.2, -0.15) is 0 Å². The highest BCUT2D eigenvalue weighted by atomic mass is 14.8. The highest BCUT2D eigenvalue weighted by molar-refractivity contribution is 5.73. The number of nitrogens with two attached hydrogens (primary N) is 1. The van der Waals surface area contributed by atoms with Gasteiger partial charge >= 0.3 is 0 Å². The van der Waals surface area contributed by atoms with Gasteiger partial charge in [0.05, 0.1) is 16.7 Å². The smallest absolute Gasteiger partial charge is 0.0890 e. The molecule has 1 aromatic carbocycles. The number of aromatic nitrogens is 2. The van der Waals surface area contributed by atoms with Crippen LogP contribution in [0.3, 0.4) is 0 Å². The van der Waals surface area contributed by atoms with Gasteiger partial charge in [-0.3, -0.25) is 4.98 Å². The second-order valence-corrected chi connectivity index (χ2v) is 4.67. The minimum absolute atomic E-state index is 0.00815. The Morgan fingerprint density at radius 1 is 1.19 bits per heavy atom. The van der Waals surface area contributed by atoms with Crippen molar-refractivity contribution in [2.75, 3.05) is 6.54 Å². The van der Waals surface area contributed by atoms with E-state index in [2.05, 4.69) is 23.8 Å². The summed E-state index contributed by atoms with van der Waals surface area (Å²) in [5.74, 6) is 0. The van der Waals surface area contributed by atoms with Crippen molar-refractivity contribution in [3.05, 3.63) is 36.2 Å². The van der Waals surface area contributed by atoms with Gasteiger partial charge in [0.15, 0.2) is 0 Å². The highest BCUT2D eigenvalue weighted by Gasteiger charge is 2.21. The maximum absolute atomic E-state index is 5.62. The lowest BCUT2D eigenvalue weighted by molar-refractivity contribution is 0.473. The van der Waals surface area contributed by atoms with Crippen molar-refractivity contribution in [3.8, 4) is 0 Å². The number of benzene rings is 1. The van der Waals surface area contributed by atoms with Crippen LogP contribution in [0.2, 0.25) is 0 Å². The third kappa shape index (κ3) is 2.04. The van der Waals surface area contributed by atoms with Gasteiger partial charge in [-0.15, -0.1) is 0 Å². The van der Waals surface area contributed by atoms with E-state index in [0.717, 1.165) is 23.1 Å². The largest absolute Gasteiger partial charge is 0.330 e. The summed E-state index contributed by atoms with van der Waals surface area (Å²) in [7, 11) is 0. The first-order valence-corrected chi connectivity index (χ1v) is 5.56. The van der Waals surface area contributed by atoms with Crippen molar-refractivity contribution in [2.45, 2.75) is 25.7 Å². The maximum Gasteiger partial charge on any atom is 0.0890 e. The first kappa shape index (κ1) is 11.0. The van der Waals surface area contributed by atoms with E-state index in [-0.39, 0.29) is 5.41 Å². The number of hydrogen-bond acceptors (Lipinski definition) is 3. The fourth-order valence-electron chi connectivity index (χ4n) is 1.77. The van der Waals surface area contributed by atoms with Gasteiger partial charge in [0.25, 0.3) is 0 Å². The first-order valence-electron chi connectivity index (χ1n) is 5.56. The van der Waals surface area contributed by atoms with Crippen LogP contribution in [-0.2, 0) is 5.41 Å². The Morgan fingerprint density at radius 2 is 1.88 bits per heavy atom. The van der Waals surface area contributed by atoms with E-state index >= 15 is 0 Å². The van der Waals surface area contributed by atoms with E-state index in [0.29, 0.717) is 6.54 Å². The summed E-state index contributed by atoms with van der Waals surface area (Å²) in [6, 6.07) is 7.92. The molecule has 1 aromatic heterocycles. The second-order valence-electron chi connectivity index (χ2n) is 4.67. The molecule has 0 fully saturated rings. The summed E-state index contributed by atoms with van der Waals surface area (Å²) in [6.45, 7) is 4.97. The molecular weight excluding hydrogens is 198 g/mol. The van der Waals surface area contributed by atoms with Crippen LogP contribution in [0.4, 0.5) is 0 Å². The van der Waals surface area contributed by atoms with E-state index in [1.54, 1.807) is 0 Å². The number of rotatable bonds is 3. The zero-order chi connectivity index (χ0) is 11.6. The van der Waals surface area contributed by atoms with Crippen LogP contribution < -0.4 is 5.73 Å². The molecule has 0 aliphatic carbocycles. The molecule has 16 heavy (non-hydrogen) atoms. The molecule has 1 heterocycles. The van der Waals surface area contributed by atoms with Gasteiger partial charge in [0, 0.05) is 11.6 Å². The first-order chi connectivity index (χ1) is 7.63. The second kappa shape index (κ2) is 4.18. The zero-order valence-corrected chi connectivity index (χ0v) is 9.77. The van der Waals surface area contributed by atoms with Crippen LogP contribution in [-0.4, -0.2) is 16.5 Å². The lowest BCUT2D eigenvalue weighted by atomic mass is 9.86. The predicted octanol–water partition coefficient (Wildman–Crippen LogP) is 2.26. The Bertz CT molecular complexity index is 491. The molecule has 0 aliphatic heterocycles. The Kier molecular flexibility index (Phi) is 2.88. The lowest BCUT2D eigenvalue weighted by Crippen LogP contribution is -2.23. The van der Waals surface area contributed by atoms with Crippen molar-refractivity contribution in [1.82, 2.24) is 9.97 Å². The summed E-state index contributed by atoms with van der Waals surface area (Å²) >= 11 is 0. The minimum atomic E-state index is -0.00815. The standard InChI is InChI=1S/C13H17N3/c1-13(2,7-8-14)12-9-15-10-5-3-4-6-11(10)16-12/h3-6,9H,7-8,14H2,1-2H3. The van der Waals surface area contributed by atoms with Crippen molar-refractivity contribution in [1.29, 1.82) is 0 Å². The summed E-state index contributed by atoms with van der Waals surface area (Å²) in [6.07, 6.45) is 2.78. The summed E-state index contributed by atoms with van der Waals surface area (Å²) in [5, 5.41) is 0. The van der Waals surface area contributed by atoms with Gasteiger partial charge in [0.2, 0.25) is 0 Å². The molecule has 2 rings (SSSR count). The molecule has 0 bridgehead atoms. The molecule has 3 heteroatoms. The molecule has 84 valence electrons. The topological polar surface area (TPSA) is 51.8 Å². The third-order valence-electron chi connectivity index (χ3n) is 2.91. The fraction of sp³-hybridized carbons (Fsp3) is 0.385. The van der Waals surface area contributed by atoms with Crippen molar-refractivity contribution in [2.24, 2.45) is 5.73 Å². The number of para-hydroxylation sites is 2. The van der Waals surface area contributed by atoms with Gasteiger partial charge in [-0.05, 0) is 25.1 Å². The molecule has 0 amide bonds. The SMILES string of the molecule is CC(C)(CCN)c1cnc2ccccc2n1. The highest BCUT2D eigenvalue weighted by Crippen LogP contribution is 2.25. The molecule has 3 nitrogen and oxygen atoms in total. The molecule has 0 saturated carbocycles. The number of fused-ring (bicyclic) bond motifs is 1. The minimum Gasteiger partial charge on any atom is -0.330 e. The van der Waals surface area contributed by atoms with Gasteiger partial charge in [-0.1, -0.05) is 26.0 Å². The van der Waals surface area contributed by atoms with E-state index in [4.69, 9.17) is 5.73 Å². The molecular formula is C13H17N3. The van der Waals surface area contributed by atoms with Gasteiger partial charge in [-0.25, -0.2) is 4.98 Å². The normalized spacial score (nSPS) is 11.9. The van der Waals surface area contributed by atoms with Gasteiger partial charge in [0.1, 0.15) is 0 Å². The zero-order valence-electron chi connectivity index (χ0n) is 9.77. The molecule has 0 radical (unpaired) electrons. The Morgan fingerprint density at radius 3 is 2.56 bits per heavy atom. The van der Waals surface area contributed by atoms with Crippen LogP contribution in [0.25, 0.3) is 11.0 Å². The molecule has 0 saturated heterocycles. The summed E-state index contributed by atoms with van der Waals surface area (Å²) in [5.41, 5.74) is 8.51. The Balaban J connectivity index is 2.46. The lowest BCUT2D eigenvalue weighted by Gasteiger charge is -2.22. The van der Waals surface area contributed by atoms with Crippen LogP contribution in [0.5, 0.6) is 0 Å². The maximum atomic E-state index is 5.62. The predicted molar refractivity (Wildman–Crippen MR) is 66.2 cm³/mol. The van der Waals surface area contributed by atoms with Gasteiger partial charge < -0.3 is 5.73 Å². The van der Waals surface area contributed by atoms with Crippen molar-refractivity contribution in [3.63, 3.8) is 0 Å². The van der Waals surface area contributed by atoms with E-state index in [1.807, 2.05) is 30.5 Å². The fourth-order valence-corrected chi connectivity index (χ4v) is 1.77. The monoisotopic (exact) mass is 215 g/mol. The summed E-state index contributed by atoms with van der Waals surface area (Å²) < 4.78 is 0. The average Bonchev–Trinajstić information content (AvgIpc) is 2.28. The number of hydrogen-bond donors (Lipinski definition) is 1. The van der Waals surface area contributed by atoms with Crippen molar-refractivity contribution < 1.29 is 0 Å². The molecule has 2 N–H and O–H groups in total. The molecule has 2 aromatic rings. The Labute approximate surface area is 95.7 Å².